The molecule has 0 spiro atoms. The van der Waals surface area contributed by atoms with Gasteiger partial charge in [-0.2, -0.15) is 0 Å². The molecule has 2 aromatic carbocycles. The highest BCUT2D eigenvalue weighted by Gasteiger charge is 2.08. The number of para-hydroxylation sites is 2. The Bertz CT molecular complexity index is 982. The van der Waals surface area contributed by atoms with Crippen LogP contribution in [0, 0.1) is 0 Å². The molecule has 96 valence electrons. The van der Waals surface area contributed by atoms with E-state index >= 15 is 0 Å². The quantitative estimate of drug-likeness (QED) is 0.572. The van der Waals surface area contributed by atoms with Gasteiger partial charge in [-0.3, -0.25) is 9.55 Å². The van der Waals surface area contributed by atoms with Crippen LogP contribution < -0.4 is 5.69 Å². The van der Waals surface area contributed by atoms with Crippen molar-refractivity contribution < 1.29 is 0 Å². The number of hydrogen-bond donors (Lipinski definition) is 1. The largest absolute Gasteiger partial charge is 0.331 e. The Morgan fingerprint density at radius 2 is 1.90 bits per heavy atom. The summed E-state index contributed by atoms with van der Waals surface area (Å²) in [6, 6.07) is 15.5. The van der Waals surface area contributed by atoms with Crippen LogP contribution in [0.3, 0.4) is 0 Å². The summed E-state index contributed by atoms with van der Waals surface area (Å²) in [7, 11) is 0. The van der Waals surface area contributed by atoms with Crippen LogP contribution in [-0.4, -0.2) is 14.5 Å². The molecule has 4 heteroatoms. The molecule has 0 atom stereocenters. The zero-order chi connectivity index (χ0) is 13.5. The maximum Gasteiger partial charge on any atom is 0.331 e. The van der Waals surface area contributed by atoms with Gasteiger partial charge in [0.05, 0.1) is 16.7 Å². The highest BCUT2D eigenvalue weighted by Crippen LogP contribution is 2.19. The lowest BCUT2D eigenvalue weighted by atomic mass is 10.1. The Morgan fingerprint density at radius 1 is 1.00 bits per heavy atom. The monoisotopic (exact) mass is 261 g/mol. The number of benzene rings is 2. The number of hydrogen-bond acceptors (Lipinski definition) is 2. The van der Waals surface area contributed by atoms with Crippen LogP contribution in [0.5, 0.6) is 0 Å². The van der Waals surface area contributed by atoms with Crippen molar-refractivity contribution in [3.63, 3.8) is 0 Å². The number of aromatic nitrogens is 3. The average Bonchev–Trinajstić information content (AvgIpc) is 2.82. The molecule has 0 aliphatic carbocycles. The second-order valence-corrected chi connectivity index (χ2v) is 4.69. The average molecular weight is 261 g/mol. The summed E-state index contributed by atoms with van der Waals surface area (Å²) in [6.45, 7) is 0. The number of aromatic amines is 1. The molecule has 4 rings (SSSR count). The lowest BCUT2D eigenvalue weighted by Crippen LogP contribution is -2.14. The van der Waals surface area contributed by atoms with Gasteiger partial charge >= 0.3 is 5.69 Å². The van der Waals surface area contributed by atoms with Crippen molar-refractivity contribution in [1.29, 1.82) is 0 Å². The van der Waals surface area contributed by atoms with E-state index in [-0.39, 0.29) is 5.69 Å². The number of imidazole rings is 1. The second-order valence-electron chi connectivity index (χ2n) is 4.69. The molecule has 0 amide bonds. The Morgan fingerprint density at radius 3 is 2.85 bits per heavy atom. The fraction of sp³-hybridized carbons (Fsp3) is 0. The molecule has 0 saturated carbocycles. The molecule has 0 radical (unpaired) electrons. The first-order chi connectivity index (χ1) is 9.83. The second kappa shape index (κ2) is 4.06. The summed E-state index contributed by atoms with van der Waals surface area (Å²) < 4.78 is 1.68. The smallest absolute Gasteiger partial charge is 0.305 e. The summed E-state index contributed by atoms with van der Waals surface area (Å²) in [5.74, 6) is 0. The molecule has 4 nitrogen and oxygen atoms in total. The zero-order valence-electron chi connectivity index (χ0n) is 10.6. The van der Waals surface area contributed by atoms with E-state index in [1.54, 1.807) is 17.0 Å². The van der Waals surface area contributed by atoms with E-state index in [4.69, 9.17) is 0 Å². The van der Waals surface area contributed by atoms with Crippen molar-refractivity contribution >= 4 is 21.8 Å². The summed E-state index contributed by atoms with van der Waals surface area (Å²) in [5, 5.41) is 2.12. The standard InChI is InChI=1S/C16H11N3O/c20-16-18-14-3-1-2-4-15(14)19(16)13-6-5-11-7-8-17-10-12(11)9-13/h1-10H,(H,18,20). The first-order valence-corrected chi connectivity index (χ1v) is 6.37. The van der Waals surface area contributed by atoms with Crippen LogP contribution in [0.25, 0.3) is 27.5 Å². The van der Waals surface area contributed by atoms with Gasteiger partial charge in [0.1, 0.15) is 0 Å². The predicted molar refractivity (Wildman–Crippen MR) is 79.2 cm³/mol. The van der Waals surface area contributed by atoms with E-state index in [2.05, 4.69) is 9.97 Å². The van der Waals surface area contributed by atoms with E-state index in [0.29, 0.717) is 0 Å². The fourth-order valence-corrected chi connectivity index (χ4v) is 2.52. The Labute approximate surface area is 114 Å². The first-order valence-electron chi connectivity index (χ1n) is 6.37. The van der Waals surface area contributed by atoms with Crippen LogP contribution in [0.2, 0.25) is 0 Å². The van der Waals surface area contributed by atoms with Gasteiger partial charge in [0.15, 0.2) is 0 Å². The van der Waals surface area contributed by atoms with Crippen LogP contribution in [0.1, 0.15) is 0 Å². The van der Waals surface area contributed by atoms with Crippen molar-refractivity contribution in [3.8, 4) is 5.69 Å². The minimum absolute atomic E-state index is 0.130. The zero-order valence-corrected chi connectivity index (χ0v) is 10.6. The van der Waals surface area contributed by atoms with Gasteiger partial charge < -0.3 is 4.98 Å². The van der Waals surface area contributed by atoms with Gasteiger partial charge in [0, 0.05) is 17.8 Å². The molecular weight excluding hydrogens is 250 g/mol. The normalized spacial score (nSPS) is 11.2. The van der Waals surface area contributed by atoms with Crippen LogP contribution in [0.4, 0.5) is 0 Å². The van der Waals surface area contributed by atoms with Gasteiger partial charge in [0.2, 0.25) is 0 Å². The van der Waals surface area contributed by atoms with Crippen molar-refractivity contribution in [3.05, 3.63) is 71.4 Å². The highest BCUT2D eigenvalue weighted by molar-refractivity contribution is 5.85. The molecule has 0 saturated heterocycles. The molecule has 20 heavy (non-hydrogen) atoms. The lowest BCUT2D eigenvalue weighted by molar-refractivity contribution is 1.02. The maximum absolute atomic E-state index is 12.2. The van der Waals surface area contributed by atoms with Gasteiger partial charge in [-0.25, -0.2) is 4.79 Å². The van der Waals surface area contributed by atoms with E-state index in [0.717, 1.165) is 27.5 Å². The molecule has 2 heterocycles. The third-order valence-corrected chi connectivity index (χ3v) is 3.47. The topological polar surface area (TPSA) is 50.7 Å². The van der Waals surface area contributed by atoms with Gasteiger partial charge in [-0.15, -0.1) is 0 Å². The van der Waals surface area contributed by atoms with Gasteiger partial charge in [0.25, 0.3) is 0 Å². The summed E-state index contributed by atoms with van der Waals surface area (Å²) in [6.07, 6.45) is 3.57. The summed E-state index contributed by atoms with van der Waals surface area (Å²) in [4.78, 5) is 19.2. The van der Waals surface area contributed by atoms with Crippen molar-refractivity contribution in [1.82, 2.24) is 14.5 Å². The highest BCUT2D eigenvalue weighted by atomic mass is 16.1. The maximum atomic E-state index is 12.2. The minimum Gasteiger partial charge on any atom is -0.305 e. The summed E-state index contributed by atoms with van der Waals surface area (Å²) >= 11 is 0. The van der Waals surface area contributed by atoms with E-state index in [1.165, 1.54) is 0 Å². The minimum atomic E-state index is -0.130. The number of rotatable bonds is 1. The SMILES string of the molecule is O=c1[nH]c2ccccc2n1-c1ccc2ccncc2c1. The molecule has 0 bridgehead atoms. The Hall–Kier alpha value is -2.88. The van der Waals surface area contributed by atoms with E-state index < -0.39 is 0 Å². The Balaban J connectivity index is 2.06. The van der Waals surface area contributed by atoms with Gasteiger partial charge in [-0.05, 0) is 35.7 Å². The molecule has 1 N–H and O–H groups in total. The van der Waals surface area contributed by atoms with E-state index in [1.807, 2.05) is 48.5 Å². The van der Waals surface area contributed by atoms with Crippen LogP contribution in [-0.2, 0) is 0 Å². The van der Waals surface area contributed by atoms with Crippen LogP contribution >= 0.6 is 0 Å². The molecule has 0 aliphatic rings. The Kier molecular flexibility index (Phi) is 2.23. The molecular formula is C16H11N3O. The molecule has 4 aromatic rings. The number of nitrogens with zero attached hydrogens (tertiary/aromatic N) is 2. The fourth-order valence-electron chi connectivity index (χ4n) is 2.52. The predicted octanol–water partition coefficient (Wildman–Crippen LogP) is 2.87. The molecule has 0 unspecified atom stereocenters. The number of fused-ring (bicyclic) bond motifs is 2. The van der Waals surface area contributed by atoms with Crippen molar-refractivity contribution in [2.75, 3.05) is 0 Å². The van der Waals surface area contributed by atoms with Crippen molar-refractivity contribution in [2.24, 2.45) is 0 Å². The third kappa shape index (κ3) is 1.55. The molecule has 2 aromatic heterocycles. The van der Waals surface area contributed by atoms with E-state index in [9.17, 15) is 4.79 Å². The number of pyridine rings is 1. The van der Waals surface area contributed by atoms with Crippen LogP contribution in [0.15, 0.2) is 65.7 Å². The summed E-state index contributed by atoms with van der Waals surface area (Å²) in [5.41, 5.74) is 2.42. The lowest BCUT2D eigenvalue weighted by Gasteiger charge is -2.05. The molecule has 0 aliphatic heterocycles. The number of nitrogens with one attached hydrogen (secondary N) is 1. The van der Waals surface area contributed by atoms with Crippen molar-refractivity contribution in [2.45, 2.75) is 0 Å². The van der Waals surface area contributed by atoms with Gasteiger partial charge in [-0.1, -0.05) is 18.2 Å². The first kappa shape index (κ1) is 11.0. The third-order valence-electron chi connectivity index (χ3n) is 3.47. The number of H-pyrrole nitrogens is 1. The molecule has 0 fully saturated rings.